The molecule has 0 aliphatic heterocycles. The zero-order valence-corrected chi connectivity index (χ0v) is 18.4. The van der Waals surface area contributed by atoms with E-state index in [0.717, 1.165) is 35.1 Å². The van der Waals surface area contributed by atoms with Gasteiger partial charge < -0.3 is 5.32 Å². The Kier molecular flexibility index (Phi) is 7.08. The van der Waals surface area contributed by atoms with E-state index in [-0.39, 0.29) is 5.02 Å². The van der Waals surface area contributed by atoms with Crippen molar-refractivity contribution < 1.29 is 26.4 Å². The lowest BCUT2D eigenvalue weighted by Gasteiger charge is -2.25. The standard InChI is InChI=1S/C20H22ClF3N2O3S/c1-12-5-6-15(9-13(12)2)14(3)25-19(27)11-26(30(4,28)29)18-10-16(20(22,23)24)7-8-17(18)21/h5-10,14H,11H2,1-4H3,(H,25,27). The number of rotatable bonds is 6. The Morgan fingerprint density at radius 1 is 1.13 bits per heavy atom. The van der Waals surface area contributed by atoms with Gasteiger partial charge in [0, 0.05) is 0 Å². The van der Waals surface area contributed by atoms with Gasteiger partial charge in [-0.3, -0.25) is 9.10 Å². The highest BCUT2D eigenvalue weighted by molar-refractivity contribution is 7.92. The van der Waals surface area contributed by atoms with Crippen molar-refractivity contribution in [3.8, 4) is 0 Å². The van der Waals surface area contributed by atoms with E-state index in [0.29, 0.717) is 10.4 Å². The predicted molar refractivity (Wildman–Crippen MR) is 111 cm³/mol. The molecule has 0 heterocycles. The van der Waals surface area contributed by atoms with Crippen molar-refractivity contribution >= 4 is 33.2 Å². The fourth-order valence-electron chi connectivity index (χ4n) is 2.80. The molecule has 0 aliphatic rings. The Morgan fingerprint density at radius 2 is 1.77 bits per heavy atom. The molecule has 0 spiro atoms. The zero-order valence-electron chi connectivity index (χ0n) is 16.8. The van der Waals surface area contributed by atoms with Crippen LogP contribution in [0.3, 0.4) is 0 Å². The molecule has 2 rings (SSSR count). The minimum Gasteiger partial charge on any atom is -0.348 e. The van der Waals surface area contributed by atoms with E-state index >= 15 is 0 Å². The third-order valence-electron chi connectivity index (χ3n) is 4.64. The van der Waals surface area contributed by atoms with Crippen LogP contribution in [0, 0.1) is 13.8 Å². The number of carbonyl (C=O) groups excluding carboxylic acids is 1. The van der Waals surface area contributed by atoms with E-state index in [9.17, 15) is 26.4 Å². The number of alkyl halides is 3. The molecular weight excluding hydrogens is 441 g/mol. The lowest BCUT2D eigenvalue weighted by molar-refractivity contribution is -0.137. The van der Waals surface area contributed by atoms with Crippen molar-refractivity contribution in [2.24, 2.45) is 0 Å². The average molecular weight is 463 g/mol. The maximum atomic E-state index is 13.1. The molecule has 10 heteroatoms. The van der Waals surface area contributed by atoms with Crippen molar-refractivity contribution in [1.82, 2.24) is 5.32 Å². The molecule has 5 nitrogen and oxygen atoms in total. The van der Waals surface area contributed by atoms with Crippen LogP contribution in [0.5, 0.6) is 0 Å². The van der Waals surface area contributed by atoms with Crippen LogP contribution in [0.1, 0.15) is 35.2 Å². The van der Waals surface area contributed by atoms with Crippen LogP contribution in [-0.2, 0) is 21.0 Å². The lowest BCUT2D eigenvalue weighted by Crippen LogP contribution is -2.41. The molecule has 0 radical (unpaired) electrons. The summed E-state index contributed by atoms with van der Waals surface area (Å²) in [7, 11) is -4.09. The summed E-state index contributed by atoms with van der Waals surface area (Å²) in [6.07, 6.45) is -3.90. The van der Waals surface area contributed by atoms with E-state index in [1.165, 1.54) is 0 Å². The number of halogens is 4. The Hall–Kier alpha value is -2.26. The van der Waals surface area contributed by atoms with Gasteiger partial charge in [0.1, 0.15) is 6.54 Å². The SMILES string of the molecule is Cc1ccc(C(C)NC(=O)CN(c2cc(C(F)(F)F)ccc2Cl)S(C)(=O)=O)cc1C. The maximum absolute atomic E-state index is 13.1. The summed E-state index contributed by atoms with van der Waals surface area (Å²) < 4.78 is 64.2. The lowest BCUT2D eigenvalue weighted by atomic mass is 10.0. The molecule has 2 aromatic rings. The summed E-state index contributed by atoms with van der Waals surface area (Å²) in [5.74, 6) is -0.681. The van der Waals surface area contributed by atoms with Gasteiger partial charge in [-0.25, -0.2) is 8.42 Å². The number of hydrogen-bond acceptors (Lipinski definition) is 3. The van der Waals surface area contributed by atoms with Crippen LogP contribution < -0.4 is 9.62 Å². The third-order valence-corrected chi connectivity index (χ3v) is 6.08. The maximum Gasteiger partial charge on any atom is 0.416 e. The van der Waals surface area contributed by atoms with Gasteiger partial charge in [-0.2, -0.15) is 13.2 Å². The van der Waals surface area contributed by atoms with Crippen LogP contribution in [0.25, 0.3) is 0 Å². The topological polar surface area (TPSA) is 66.5 Å². The van der Waals surface area contributed by atoms with Gasteiger partial charge in [-0.1, -0.05) is 29.8 Å². The van der Waals surface area contributed by atoms with Gasteiger partial charge in [0.05, 0.1) is 28.6 Å². The first-order valence-electron chi connectivity index (χ1n) is 8.91. The predicted octanol–water partition coefficient (Wildman–Crippen LogP) is 4.62. The highest BCUT2D eigenvalue weighted by Crippen LogP contribution is 2.36. The number of anilines is 1. The monoisotopic (exact) mass is 462 g/mol. The van der Waals surface area contributed by atoms with Crippen LogP contribution in [0.4, 0.5) is 18.9 Å². The summed E-state index contributed by atoms with van der Waals surface area (Å²) in [4.78, 5) is 12.5. The number of benzene rings is 2. The molecule has 0 bridgehead atoms. The highest BCUT2D eigenvalue weighted by atomic mass is 35.5. The Labute approximate surface area is 178 Å². The van der Waals surface area contributed by atoms with Gasteiger partial charge in [0.25, 0.3) is 0 Å². The number of hydrogen-bond donors (Lipinski definition) is 1. The number of nitrogens with one attached hydrogen (secondary N) is 1. The van der Waals surface area contributed by atoms with Crippen LogP contribution in [-0.4, -0.2) is 27.1 Å². The van der Waals surface area contributed by atoms with E-state index in [1.54, 1.807) is 6.92 Å². The van der Waals surface area contributed by atoms with Gasteiger partial charge in [0.15, 0.2) is 0 Å². The molecular formula is C20H22ClF3N2O3S. The molecule has 1 amide bonds. The molecule has 1 N–H and O–H groups in total. The van der Waals surface area contributed by atoms with E-state index in [4.69, 9.17) is 11.6 Å². The van der Waals surface area contributed by atoms with Crippen molar-refractivity contribution in [2.45, 2.75) is 33.0 Å². The van der Waals surface area contributed by atoms with Gasteiger partial charge in [0.2, 0.25) is 15.9 Å². The van der Waals surface area contributed by atoms with E-state index in [1.807, 2.05) is 32.0 Å². The third kappa shape index (κ3) is 5.89. The molecule has 0 saturated carbocycles. The van der Waals surface area contributed by atoms with Crippen LogP contribution >= 0.6 is 11.6 Å². The summed E-state index contributed by atoms with van der Waals surface area (Å²) >= 11 is 5.96. The Bertz CT molecular complexity index is 1060. The number of sulfonamides is 1. The number of aryl methyl sites for hydroxylation is 2. The molecule has 0 saturated heterocycles. The zero-order chi connectivity index (χ0) is 22.9. The first-order chi connectivity index (χ1) is 13.7. The van der Waals surface area contributed by atoms with Crippen LogP contribution in [0.15, 0.2) is 36.4 Å². The summed E-state index contributed by atoms with van der Waals surface area (Å²) in [6.45, 7) is 4.89. The highest BCUT2D eigenvalue weighted by Gasteiger charge is 2.33. The Morgan fingerprint density at radius 3 is 2.30 bits per heavy atom. The number of amides is 1. The first kappa shape index (κ1) is 24.0. The van der Waals surface area contributed by atoms with Gasteiger partial charge in [-0.05, 0) is 55.7 Å². The quantitative estimate of drug-likeness (QED) is 0.681. The smallest absolute Gasteiger partial charge is 0.348 e. The second-order valence-electron chi connectivity index (χ2n) is 7.07. The molecule has 30 heavy (non-hydrogen) atoms. The fraction of sp³-hybridized carbons (Fsp3) is 0.350. The molecule has 1 unspecified atom stereocenters. The fourth-order valence-corrected chi connectivity index (χ4v) is 3.93. The van der Waals surface area contributed by atoms with Crippen LogP contribution in [0.2, 0.25) is 5.02 Å². The molecule has 0 fully saturated rings. The summed E-state index contributed by atoms with van der Waals surface area (Å²) in [6, 6.07) is 7.52. The second kappa shape index (κ2) is 8.85. The second-order valence-corrected chi connectivity index (χ2v) is 9.38. The molecule has 2 aromatic carbocycles. The summed E-state index contributed by atoms with van der Waals surface area (Å²) in [5.41, 5.74) is 1.44. The molecule has 164 valence electrons. The minimum absolute atomic E-state index is 0.219. The van der Waals surface area contributed by atoms with Crippen molar-refractivity contribution in [3.05, 3.63) is 63.7 Å². The normalized spacial score (nSPS) is 13.1. The number of carbonyl (C=O) groups is 1. The molecule has 0 aromatic heterocycles. The van der Waals surface area contributed by atoms with E-state index in [2.05, 4.69) is 5.32 Å². The van der Waals surface area contributed by atoms with Crippen molar-refractivity contribution in [3.63, 3.8) is 0 Å². The number of nitrogens with zero attached hydrogens (tertiary/aromatic N) is 1. The average Bonchev–Trinajstić information content (AvgIpc) is 2.60. The van der Waals surface area contributed by atoms with Gasteiger partial charge in [-0.15, -0.1) is 0 Å². The molecule has 0 aliphatic carbocycles. The van der Waals surface area contributed by atoms with Crippen molar-refractivity contribution in [1.29, 1.82) is 0 Å². The van der Waals surface area contributed by atoms with Crippen molar-refractivity contribution in [2.75, 3.05) is 17.1 Å². The largest absolute Gasteiger partial charge is 0.416 e. The first-order valence-corrected chi connectivity index (χ1v) is 11.1. The van der Waals surface area contributed by atoms with E-state index < -0.39 is 45.9 Å². The summed E-state index contributed by atoms with van der Waals surface area (Å²) in [5, 5.41) is 2.45. The Balaban J connectivity index is 2.29. The minimum atomic E-state index is -4.69. The van der Waals surface area contributed by atoms with Gasteiger partial charge >= 0.3 is 6.18 Å². The molecule has 1 atom stereocenters.